The maximum absolute atomic E-state index is 13.9. The van der Waals surface area contributed by atoms with Gasteiger partial charge in [-0.15, -0.1) is 0 Å². The van der Waals surface area contributed by atoms with Gasteiger partial charge in [0.15, 0.2) is 17.8 Å². The molecular formula is C17H14FN2O4S-. The van der Waals surface area contributed by atoms with Crippen LogP contribution in [0.2, 0.25) is 0 Å². The van der Waals surface area contributed by atoms with Crippen molar-refractivity contribution >= 4 is 28.1 Å². The summed E-state index contributed by atoms with van der Waals surface area (Å²) in [5, 5.41) is 0. The van der Waals surface area contributed by atoms with Crippen LogP contribution in [0.4, 0.5) is 4.39 Å². The van der Waals surface area contributed by atoms with Crippen molar-refractivity contribution in [2.75, 3.05) is 6.54 Å². The molecule has 0 amide bonds. The molecule has 0 aliphatic rings. The third-order valence-electron chi connectivity index (χ3n) is 3.67. The van der Waals surface area contributed by atoms with E-state index in [1.54, 1.807) is 24.3 Å². The zero-order valence-electron chi connectivity index (χ0n) is 13.0. The highest BCUT2D eigenvalue weighted by Crippen LogP contribution is 2.19. The summed E-state index contributed by atoms with van der Waals surface area (Å²) in [6.45, 7) is 0.249. The van der Waals surface area contributed by atoms with Gasteiger partial charge in [-0.05, 0) is 54.8 Å². The molecule has 8 heteroatoms. The third-order valence-corrected chi connectivity index (χ3v) is 4.11. The molecule has 1 N–H and O–H groups in total. The van der Waals surface area contributed by atoms with Crippen molar-refractivity contribution in [3.8, 4) is 0 Å². The first-order chi connectivity index (χ1) is 12.0. The molecule has 0 aliphatic heterocycles. The Morgan fingerprint density at radius 3 is 2.88 bits per heavy atom. The molecule has 0 fully saturated rings. The second kappa shape index (κ2) is 7.64. The van der Waals surface area contributed by atoms with Crippen LogP contribution in [-0.4, -0.2) is 26.1 Å². The lowest BCUT2D eigenvalue weighted by Crippen LogP contribution is -2.18. The predicted octanol–water partition coefficient (Wildman–Crippen LogP) is 2.51. The molecule has 3 rings (SSSR count). The number of aromatic nitrogens is 1. The van der Waals surface area contributed by atoms with Crippen LogP contribution in [0.5, 0.6) is 0 Å². The van der Waals surface area contributed by atoms with Crippen LogP contribution in [0.15, 0.2) is 47.2 Å². The van der Waals surface area contributed by atoms with E-state index >= 15 is 0 Å². The largest absolute Gasteiger partial charge is 0.760 e. The van der Waals surface area contributed by atoms with E-state index in [4.69, 9.17) is 4.42 Å². The minimum Gasteiger partial charge on any atom is -0.760 e. The number of halogens is 1. The Kier molecular flexibility index (Phi) is 5.32. The first kappa shape index (κ1) is 17.4. The highest BCUT2D eigenvalue weighted by atomic mass is 32.2. The summed E-state index contributed by atoms with van der Waals surface area (Å²) in [6, 6.07) is 8.99. The molecule has 0 saturated heterocycles. The molecule has 2 aromatic carbocycles. The smallest absolute Gasteiger partial charge is 0.193 e. The van der Waals surface area contributed by atoms with Crippen LogP contribution in [0, 0.1) is 5.82 Å². The van der Waals surface area contributed by atoms with Crippen molar-refractivity contribution in [3.05, 3.63) is 65.3 Å². The number of fused-ring (bicyclic) bond motifs is 1. The standard InChI is InChI=1S/C17H15FN2O4S/c18-14-7-11(2-1-5-20-25(22)23)6-13(8-14)17(21)12-3-4-16-15(9-12)19-10-24-16/h3-4,6-10,20H,1-2,5H2,(H,22,23)/p-1. The molecule has 1 aromatic heterocycles. The Bertz CT molecular complexity index is 941. The Morgan fingerprint density at radius 1 is 1.24 bits per heavy atom. The van der Waals surface area contributed by atoms with Gasteiger partial charge in [-0.2, -0.15) is 0 Å². The first-order valence-corrected chi connectivity index (χ1v) is 8.60. The van der Waals surface area contributed by atoms with Crippen LogP contribution in [-0.2, 0) is 17.7 Å². The topological polar surface area (TPSA) is 95.3 Å². The van der Waals surface area contributed by atoms with Gasteiger partial charge < -0.3 is 8.97 Å². The minimum atomic E-state index is -2.31. The molecular weight excluding hydrogens is 347 g/mol. The normalized spacial score (nSPS) is 12.4. The summed E-state index contributed by atoms with van der Waals surface area (Å²) in [4.78, 5) is 16.6. The number of benzene rings is 2. The molecule has 1 heterocycles. The summed E-state index contributed by atoms with van der Waals surface area (Å²) in [5.74, 6) is -0.826. The zero-order valence-corrected chi connectivity index (χ0v) is 13.8. The van der Waals surface area contributed by atoms with Crippen LogP contribution in [0.3, 0.4) is 0 Å². The lowest BCUT2D eigenvalue weighted by atomic mass is 9.99. The van der Waals surface area contributed by atoms with E-state index in [0.717, 1.165) is 0 Å². The molecule has 0 aliphatic carbocycles. The monoisotopic (exact) mass is 361 g/mol. The van der Waals surface area contributed by atoms with Crippen LogP contribution < -0.4 is 4.72 Å². The predicted molar refractivity (Wildman–Crippen MR) is 89.1 cm³/mol. The van der Waals surface area contributed by atoms with E-state index in [-0.39, 0.29) is 17.9 Å². The number of rotatable bonds is 7. The third kappa shape index (κ3) is 4.36. The van der Waals surface area contributed by atoms with Crippen molar-refractivity contribution in [3.63, 3.8) is 0 Å². The number of nitrogens with zero attached hydrogens (tertiary/aromatic N) is 1. The number of aryl methyl sites for hydroxylation is 1. The number of oxazole rings is 1. The fourth-order valence-corrected chi connectivity index (χ4v) is 2.85. The van der Waals surface area contributed by atoms with Gasteiger partial charge in [-0.25, -0.2) is 14.1 Å². The van der Waals surface area contributed by atoms with Crippen LogP contribution in [0.25, 0.3) is 11.1 Å². The molecule has 1 unspecified atom stereocenters. The molecule has 0 spiro atoms. The first-order valence-electron chi connectivity index (χ1n) is 7.53. The van der Waals surface area contributed by atoms with Gasteiger partial charge in [-0.1, -0.05) is 0 Å². The van der Waals surface area contributed by atoms with E-state index in [1.807, 2.05) is 0 Å². The lowest BCUT2D eigenvalue weighted by molar-refractivity contribution is 0.103. The molecule has 0 saturated carbocycles. The van der Waals surface area contributed by atoms with Crippen molar-refractivity contribution in [1.29, 1.82) is 0 Å². The number of hydrogen-bond donors (Lipinski definition) is 1. The highest BCUT2D eigenvalue weighted by Gasteiger charge is 2.13. The van der Waals surface area contributed by atoms with Gasteiger partial charge >= 0.3 is 0 Å². The summed E-state index contributed by atoms with van der Waals surface area (Å²) in [7, 11) is 0. The molecule has 0 radical (unpaired) electrons. The fourth-order valence-electron chi connectivity index (χ4n) is 2.54. The molecule has 6 nitrogen and oxygen atoms in total. The Hall–Kier alpha value is -2.42. The Morgan fingerprint density at radius 2 is 2.08 bits per heavy atom. The van der Waals surface area contributed by atoms with Crippen molar-refractivity contribution < 1.29 is 22.4 Å². The molecule has 25 heavy (non-hydrogen) atoms. The molecule has 0 bridgehead atoms. The van der Waals surface area contributed by atoms with E-state index in [0.29, 0.717) is 35.1 Å². The lowest BCUT2D eigenvalue weighted by Gasteiger charge is -2.08. The second-order valence-corrected chi connectivity index (χ2v) is 6.20. The van der Waals surface area contributed by atoms with E-state index < -0.39 is 17.1 Å². The fraction of sp³-hybridized carbons (Fsp3) is 0.176. The molecule has 1 atom stereocenters. The summed E-state index contributed by atoms with van der Waals surface area (Å²) in [5.41, 5.74) is 2.38. The van der Waals surface area contributed by atoms with E-state index in [9.17, 15) is 17.9 Å². The number of ketones is 1. The van der Waals surface area contributed by atoms with Crippen molar-refractivity contribution in [2.24, 2.45) is 0 Å². The maximum Gasteiger partial charge on any atom is 0.193 e. The quantitative estimate of drug-likeness (QED) is 0.396. The average molecular weight is 361 g/mol. The van der Waals surface area contributed by atoms with Crippen LogP contribution in [0.1, 0.15) is 27.9 Å². The van der Waals surface area contributed by atoms with Gasteiger partial charge in [0.25, 0.3) is 0 Å². The van der Waals surface area contributed by atoms with Gasteiger partial charge in [0.2, 0.25) is 0 Å². The Balaban J connectivity index is 1.78. The van der Waals surface area contributed by atoms with Gasteiger partial charge in [0.05, 0.1) is 0 Å². The number of nitrogens with one attached hydrogen (secondary N) is 1. The molecule has 130 valence electrons. The summed E-state index contributed by atoms with van der Waals surface area (Å²) >= 11 is -2.31. The molecule has 3 aromatic rings. The van der Waals surface area contributed by atoms with Gasteiger partial charge in [-0.3, -0.25) is 9.00 Å². The van der Waals surface area contributed by atoms with Crippen molar-refractivity contribution in [1.82, 2.24) is 9.71 Å². The van der Waals surface area contributed by atoms with E-state index in [1.165, 1.54) is 18.5 Å². The number of carbonyl (C=O) groups is 1. The zero-order chi connectivity index (χ0) is 17.8. The van der Waals surface area contributed by atoms with E-state index in [2.05, 4.69) is 9.71 Å². The Labute approximate surface area is 145 Å². The minimum absolute atomic E-state index is 0.234. The number of hydrogen-bond acceptors (Lipinski definition) is 5. The maximum atomic E-state index is 13.9. The summed E-state index contributed by atoms with van der Waals surface area (Å²) in [6.07, 6.45) is 2.24. The van der Waals surface area contributed by atoms with Crippen molar-refractivity contribution in [2.45, 2.75) is 12.8 Å². The average Bonchev–Trinajstić information content (AvgIpc) is 3.05. The van der Waals surface area contributed by atoms with Gasteiger partial charge in [0.1, 0.15) is 11.3 Å². The highest BCUT2D eigenvalue weighted by molar-refractivity contribution is 7.77. The van der Waals surface area contributed by atoms with Gasteiger partial charge in [0, 0.05) is 28.9 Å². The number of carbonyl (C=O) groups excluding carboxylic acids is 1. The second-order valence-electron chi connectivity index (χ2n) is 5.44. The SMILES string of the molecule is O=C(c1cc(F)cc(CCCNS(=O)[O-])c1)c1ccc2ocnc2c1. The van der Waals surface area contributed by atoms with Crippen LogP contribution >= 0.6 is 0 Å². The summed E-state index contributed by atoms with van der Waals surface area (Å²) < 4.78 is 42.1.